The molecule has 0 bridgehead atoms. The van der Waals surface area contributed by atoms with Crippen molar-refractivity contribution < 1.29 is 4.52 Å². The molecule has 2 heterocycles. The number of nitrogens with one attached hydrogen (secondary N) is 1. The molecule has 2 rings (SSSR count). The van der Waals surface area contributed by atoms with Gasteiger partial charge in [0.15, 0.2) is 5.76 Å². The standard InChI is InChI=1S/C15H29N5O/c1-4-16-12-14-11-15(21-17-14)13-20-9-7-19(8-10-20)6-5-18(2)3/h11,16H,4-10,12-13H2,1-3H3. The van der Waals surface area contributed by atoms with Gasteiger partial charge in [-0.3, -0.25) is 9.80 Å². The highest BCUT2D eigenvalue weighted by Gasteiger charge is 2.18. The van der Waals surface area contributed by atoms with E-state index in [2.05, 4.69) is 52.3 Å². The molecular weight excluding hydrogens is 266 g/mol. The molecule has 1 N–H and O–H groups in total. The quantitative estimate of drug-likeness (QED) is 0.752. The number of hydrogen-bond donors (Lipinski definition) is 1. The van der Waals surface area contributed by atoms with Crippen LogP contribution in [0.2, 0.25) is 0 Å². The van der Waals surface area contributed by atoms with E-state index >= 15 is 0 Å². The number of aromatic nitrogens is 1. The minimum atomic E-state index is 0.790. The van der Waals surface area contributed by atoms with Crippen LogP contribution in [-0.4, -0.2) is 79.8 Å². The number of rotatable bonds is 8. The van der Waals surface area contributed by atoms with E-state index in [-0.39, 0.29) is 0 Å². The summed E-state index contributed by atoms with van der Waals surface area (Å²) in [4.78, 5) is 7.23. The average Bonchev–Trinajstić information content (AvgIpc) is 2.92. The normalized spacial score (nSPS) is 17.7. The minimum Gasteiger partial charge on any atom is -0.360 e. The third-order valence-electron chi connectivity index (χ3n) is 3.87. The zero-order chi connectivity index (χ0) is 15.1. The Labute approximate surface area is 128 Å². The van der Waals surface area contributed by atoms with Crippen LogP contribution in [0.1, 0.15) is 18.4 Å². The van der Waals surface area contributed by atoms with Crippen LogP contribution in [0.15, 0.2) is 10.6 Å². The monoisotopic (exact) mass is 295 g/mol. The van der Waals surface area contributed by atoms with Gasteiger partial charge in [0.05, 0.1) is 12.2 Å². The average molecular weight is 295 g/mol. The summed E-state index contributed by atoms with van der Waals surface area (Å²) in [5.41, 5.74) is 0.997. The Morgan fingerprint density at radius 1 is 1.24 bits per heavy atom. The van der Waals surface area contributed by atoms with E-state index in [9.17, 15) is 0 Å². The van der Waals surface area contributed by atoms with Crippen molar-refractivity contribution in [2.45, 2.75) is 20.0 Å². The molecule has 0 atom stereocenters. The van der Waals surface area contributed by atoms with Crippen LogP contribution in [0.25, 0.3) is 0 Å². The van der Waals surface area contributed by atoms with Crippen LogP contribution in [0, 0.1) is 0 Å². The molecule has 0 unspecified atom stereocenters. The van der Waals surface area contributed by atoms with Gasteiger partial charge in [0, 0.05) is 51.9 Å². The predicted molar refractivity (Wildman–Crippen MR) is 84.2 cm³/mol. The summed E-state index contributed by atoms with van der Waals surface area (Å²) in [5.74, 6) is 0.977. The molecule has 1 aromatic heterocycles. The van der Waals surface area contributed by atoms with Crippen LogP contribution in [-0.2, 0) is 13.1 Å². The highest BCUT2D eigenvalue weighted by molar-refractivity contribution is 5.05. The van der Waals surface area contributed by atoms with E-state index in [4.69, 9.17) is 4.52 Å². The number of nitrogens with zero attached hydrogens (tertiary/aromatic N) is 4. The Hall–Kier alpha value is -0.950. The molecule has 1 saturated heterocycles. The lowest BCUT2D eigenvalue weighted by Gasteiger charge is -2.34. The van der Waals surface area contributed by atoms with Crippen LogP contribution in [0.4, 0.5) is 0 Å². The van der Waals surface area contributed by atoms with E-state index in [1.54, 1.807) is 0 Å². The molecule has 120 valence electrons. The molecule has 0 aromatic carbocycles. The molecule has 0 aliphatic carbocycles. The number of likely N-dealkylation sites (N-methyl/N-ethyl adjacent to an activating group) is 1. The van der Waals surface area contributed by atoms with Crippen molar-refractivity contribution >= 4 is 0 Å². The molecule has 0 amide bonds. The second-order valence-corrected chi connectivity index (χ2v) is 5.99. The molecule has 21 heavy (non-hydrogen) atoms. The van der Waals surface area contributed by atoms with Crippen LogP contribution >= 0.6 is 0 Å². The van der Waals surface area contributed by atoms with Crippen molar-refractivity contribution in [1.82, 2.24) is 25.2 Å². The fourth-order valence-corrected chi connectivity index (χ4v) is 2.50. The number of hydrogen-bond acceptors (Lipinski definition) is 6. The second-order valence-electron chi connectivity index (χ2n) is 5.99. The molecule has 1 fully saturated rings. The fourth-order valence-electron chi connectivity index (χ4n) is 2.50. The first-order valence-corrected chi connectivity index (χ1v) is 7.92. The van der Waals surface area contributed by atoms with Gasteiger partial charge in [-0.05, 0) is 20.6 Å². The first kappa shape index (κ1) is 16.4. The maximum atomic E-state index is 5.42. The van der Waals surface area contributed by atoms with E-state index in [1.165, 1.54) is 0 Å². The van der Waals surface area contributed by atoms with Gasteiger partial charge in [0.25, 0.3) is 0 Å². The Kier molecular flexibility index (Phi) is 6.63. The first-order chi connectivity index (χ1) is 10.2. The predicted octanol–water partition coefficient (Wildman–Crippen LogP) is 0.463. The van der Waals surface area contributed by atoms with Crippen molar-refractivity contribution in [1.29, 1.82) is 0 Å². The maximum absolute atomic E-state index is 5.42. The van der Waals surface area contributed by atoms with E-state index in [0.717, 1.165) is 70.4 Å². The Bertz CT molecular complexity index is 399. The maximum Gasteiger partial charge on any atom is 0.151 e. The van der Waals surface area contributed by atoms with Gasteiger partial charge in [-0.25, -0.2) is 0 Å². The van der Waals surface area contributed by atoms with Crippen molar-refractivity contribution in [3.63, 3.8) is 0 Å². The lowest BCUT2D eigenvalue weighted by atomic mass is 10.2. The summed E-state index contributed by atoms with van der Waals surface area (Å²) in [6.45, 7) is 11.5. The van der Waals surface area contributed by atoms with Gasteiger partial charge >= 0.3 is 0 Å². The van der Waals surface area contributed by atoms with Crippen LogP contribution < -0.4 is 5.32 Å². The summed E-state index contributed by atoms with van der Waals surface area (Å²) in [7, 11) is 4.26. The van der Waals surface area contributed by atoms with Gasteiger partial charge in [-0.1, -0.05) is 12.1 Å². The SMILES string of the molecule is CCNCc1cc(CN2CCN(CCN(C)C)CC2)on1. The van der Waals surface area contributed by atoms with E-state index < -0.39 is 0 Å². The summed E-state index contributed by atoms with van der Waals surface area (Å²) < 4.78 is 5.42. The van der Waals surface area contributed by atoms with Crippen molar-refractivity contribution in [3.8, 4) is 0 Å². The molecule has 1 aliphatic heterocycles. The van der Waals surface area contributed by atoms with Gasteiger partial charge in [-0.2, -0.15) is 0 Å². The largest absolute Gasteiger partial charge is 0.360 e. The van der Waals surface area contributed by atoms with Crippen LogP contribution in [0.5, 0.6) is 0 Å². The zero-order valence-corrected chi connectivity index (χ0v) is 13.6. The zero-order valence-electron chi connectivity index (χ0n) is 13.6. The molecule has 0 spiro atoms. The van der Waals surface area contributed by atoms with Crippen LogP contribution in [0.3, 0.4) is 0 Å². The fraction of sp³-hybridized carbons (Fsp3) is 0.800. The minimum absolute atomic E-state index is 0.790. The third-order valence-corrected chi connectivity index (χ3v) is 3.87. The number of piperazine rings is 1. The first-order valence-electron chi connectivity index (χ1n) is 7.92. The second kappa shape index (κ2) is 8.48. The molecule has 1 aliphatic rings. The van der Waals surface area contributed by atoms with E-state index in [1.807, 2.05) is 0 Å². The van der Waals surface area contributed by atoms with E-state index in [0.29, 0.717) is 0 Å². The summed E-state index contributed by atoms with van der Waals surface area (Å²) >= 11 is 0. The lowest BCUT2D eigenvalue weighted by molar-refractivity contribution is 0.113. The van der Waals surface area contributed by atoms with Gasteiger partial charge < -0.3 is 14.7 Å². The highest BCUT2D eigenvalue weighted by atomic mass is 16.5. The Morgan fingerprint density at radius 3 is 2.62 bits per heavy atom. The molecule has 0 saturated carbocycles. The third kappa shape index (κ3) is 5.74. The highest BCUT2D eigenvalue weighted by Crippen LogP contribution is 2.10. The molecule has 6 heteroatoms. The summed E-state index contributed by atoms with van der Waals surface area (Å²) in [6.07, 6.45) is 0. The van der Waals surface area contributed by atoms with Crippen molar-refractivity contribution in [3.05, 3.63) is 17.5 Å². The van der Waals surface area contributed by atoms with Crippen molar-refractivity contribution in [2.75, 3.05) is 59.9 Å². The summed E-state index contributed by atoms with van der Waals surface area (Å²) in [5, 5.41) is 7.37. The van der Waals surface area contributed by atoms with Gasteiger partial charge in [-0.15, -0.1) is 0 Å². The molecular formula is C15H29N5O. The van der Waals surface area contributed by atoms with Gasteiger partial charge in [0.1, 0.15) is 0 Å². The van der Waals surface area contributed by atoms with Gasteiger partial charge in [0.2, 0.25) is 0 Å². The van der Waals surface area contributed by atoms with Crippen molar-refractivity contribution in [2.24, 2.45) is 0 Å². The molecule has 6 nitrogen and oxygen atoms in total. The Balaban J connectivity index is 1.69. The molecule has 0 radical (unpaired) electrons. The smallest absolute Gasteiger partial charge is 0.151 e. The molecule has 1 aromatic rings. The lowest BCUT2D eigenvalue weighted by Crippen LogP contribution is -2.47. The Morgan fingerprint density at radius 2 is 1.95 bits per heavy atom. The summed E-state index contributed by atoms with van der Waals surface area (Å²) in [6, 6.07) is 2.07. The topological polar surface area (TPSA) is 47.8 Å².